The standard InChI is InChI=1S/C15H22BrF/c1-4-7-13(11(5-2)6-3)14-10-12(17)8-9-15(14)16/h8-11,13H,4-7H2,1-3H3. The molecule has 0 nitrogen and oxygen atoms in total. The zero-order chi connectivity index (χ0) is 12.8. The first-order chi connectivity index (χ1) is 8.13. The third kappa shape index (κ3) is 3.80. The topological polar surface area (TPSA) is 0 Å². The van der Waals surface area contributed by atoms with E-state index in [0.717, 1.165) is 35.7 Å². The van der Waals surface area contributed by atoms with Crippen LogP contribution in [0.25, 0.3) is 0 Å². The van der Waals surface area contributed by atoms with Crippen molar-refractivity contribution in [3.63, 3.8) is 0 Å². The predicted octanol–water partition coefficient (Wildman–Crippen LogP) is 5.91. The average molecular weight is 301 g/mol. The first-order valence-corrected chi connectivity index (χ1v) is 7.38. The molecule has 0 amide bonds. The highest BCUT2D eigenvalue weighted by atomic mass is 79.9. The van der Waals surface area contributed by atoms with E-state index in [-0.39, 0.29) is 5.82 Å². The zero-order valence-electron chi connectivity index (χ0n) is 11.0. The molecule has 0 N–H and O–H groups in total. The van der Waals surface area contributed by atoms with E-state index < -0.39 is 0 Å². The van der Waals surface area contributed by atoms with Gasteiger partial charge in [0.15, 0.2) is 0 Å². The number of hydrogen-bond acceptors (Lipinski definition) is 0. The second-order valence-corrected chi connectivity index (χ2v) is 5.49. The molecule has 1 unspecified atom stereocenters. The van der Waals surface area contributed by atoms with E-state index in [4.69, 9.17) is 0 Å². The second kappa shape index (κ2) is 7.15. The van der Waals surface area contributed by atoms with Crippen molar-refractivity contribution in [3.8, 4) is 0 Å². The van der Waals surface area contributed by atoms with Gasteiger partial charge in [0, 0.05) is 4.47 Å². The molecule has 17 heavy (non-hydrogen) atoms. The van der Waals surface area contributed by atoms with Crippen molar-refractivity contribution in [2.24, 2.45) is 5.92 Å². The van der Waals surface area contributed by atoms with Crippen molar-refractivity contribution in [2.45, 2.75) is 52.4 Å². The molecule has 1 aromatic carbocycles. The normalized spacial score (nSPS) is 13.1. The molecule has 96 valence electrons. The van der Waals surface area contributed by atoms with Gasteiger partial charge in [-0.05, 0) is 42.0 Å². The fraction of sp³-hybridized carbons (Fsp3) is 0.600. The first kappa shape index (κ1) is 14.7. The van der Waals surface area contributed by atoms with Crippen LogP contribution < -0.4 is 0 Å². The van der Waals surface area contributed by atoms with E-state index in [2.05, 4.69) is 36.7 Å². The Kier molecular flexibility index (Phi) is 6.18. The lowest BCUT2D eigenvalue weighted by Gasteiger charge is -2.26. The summed E-state index contributed by atoms with van der Waals surface area (Å²) in [5.41, 5.74) is 1.14. The van der Waals surface area contributed by atoms with E-state index in [1.165, 1.54) is 6.07 Å². The molecule has 0 spiro atoms. The highest BCUT2D eigenvalue weighted by molar-refractivity contribution is 9.10. The van der Waals surface area contributed by atoms with Crippen LogP contribution in [0.3, 0.4) is 0 Å². The third-order valence-corrected chi connectivity index (χ3v) is 4.30. The fourth-order valence-corrected chi connectivity index (χ4v) is 3.15. The van der Waals surface area contributed by atoms with Crippen LogP contribution in [0.5, 0.6) is 0 Å². The van der Waals surface area contributed by atoms with Gasteiger partial charge < -0.3 is 0 Å². The van der Waals surface area contributed by atoms with E-state index in [1.54, 1.807) is 6.07 Å². The summed E-state index contributed by atoms with van der Waals surface area (Å²) < 4.78 is 14.4. The minimum atomic E-state index is -0.129. The Morgan fingerprint density at radius 3 is 2.35 bits per heavy atom. The van der Waals surface area contributed by atoms with Gasteiger partial charge in [0.2, 0.25) is 0 Å². The molecule has 0 fully saturated rings. The monoisotopic (exact) mass is 300 g/mol. The number of benzene rings is 1. The van der Waals surface area contributed by atoms with E-state index >= 15 is 0 Å². The zero-order valence-corrected chi connectivity index (χ0v) is 12.6. The molecule has 0 aliphatic carbocycles. The summed E-state index contributed by atoms with van der Waals surface area (Å²) in [6, 6.07) is 5.04. The maximum absolute atomic E-state index is 13.4. The number of halogens is 2. The quantitative estimate of drug-likeness (QED) is 0.613. The van der Waals surface area contributed by atoms with Crippen LogP contribution in [-0.4, -0.2) is 0 Å². The van der Waals surface area contributed by atoms with Gasteiger partial charge in [-0.2, -0.15) is 0 Å². The van der Waals surface area contributed by atoms with Crippen molar-refractivity contribution in [1.29, 1.82) is 0 Å². The molecular formula is C15H22BrF. The number of rotatable bonds is 6. The summed E-state index contributed by atoms with van der Waals surface area (Å²) in [4.78, 5) is 0. The van der Waals surface area contributed by atoms with Crippen LogP contribution in [-0.2, 0) is 0 Å². The molecule has 1 aromatic rings. The summed E-state index contributed by atoms with van der Waals surface area (Å²) >= 11 is 3.56. The summed E-state index contributed by atoms with van der Waals surface area (Å²) in [7, 11) is 0. The van der Waals surface area contributed by atoms with Crippen molar-refractivity contribution >= 4 is 15.9 Å². The summed E-state index contributed by atoms with van der Waals surface area (Å²) in [5.74, 6) is 0.989. The third-order valence-electron chi connectivity index (χ3n) is 3.57. The van der Waals surface area contributed by atoms with Crippen LogP contribution in [0.4, 0.5) is 4.39 Å². The molecule has 0 aliphatic rings. The van der Waals surface area contributed by atoms with Gasteiger partial charge in [0.25, 0.3) is 0 Å². The minimum absolute atomic E-state index is 0.129. The summed E-state index contributed by atoms with van der Waals surface area (Å²) in [6.45, 7) is 6.65. The van der Waals surface area contributed by atoms with E-state index in [1.807, 2.05) is 6.07 Å². The van der Waals surface area contributed by atoms with Crippen LogP contribution in [0.15, 0.2) is 22.7 Å². The van der Waals surface area contributed by atoms with E-state index in [0.29, 0.717) is 11.8 Å². The lowest BCUT2D eigenvalue weighted by Crippen LogP contribution is -2.12. The summed E-state index contributed by atoms with van der Waals surface area (Å²) in [6.07, 6.45) is 4.59. The molecule has 2 heteroatoms. The van der Waals surface area contributed by atoms with Crippen LogP contribution in [0, 0.1) is 11.7 Å². The van der Waals surface area contributed by atoms with Gasteiger partial charge in [-0.1, -0.05) is 56.0 Å². The smallest absolute Gasteiger partial charge is 0.123 e. The second-order valence-electron chi connectivity index (χ2n) is 4.64. The molecular weight excluding hydrogens is 279 g/mol. The minimum Gasteiger partial charge on any atom is -0.207 e. The van der Waals surface area contributed by atoms with Gasteiger partial charge in [-0.15, -0.1) is 0 Å². The first-order valence-electron chi connectivity index (χ1n) is 6.58. The van der Waals surface area contributed by atoms with Gasteiger partial charge in [0.1, 0.15) is 5.82 Å². The molecule has 0 bridgehead atoms. The molecule has 0 heterocycles. The largest absolute Gasteiger partial charge is 0.207 e. The Morgan fingerprint density at radius 2 is 1.82 bits per heavy atom. The lowest BCUT2D eigenvalue weighted by atomic mass is 9.80. The molecule has 0 aromatic heterocycles. The van der Waals surface area contributed by atoms with Crippen molar-refractivity contribution in [3.05, 3.63) is 34.1 Å². The summed E-state index contributed by atoms with van der Waals surface area (Å²) in [5, 5.41) is 0. The molecule has 1 atom stereocenters. The van der Waals surface area contributed by atoms with E-state index in [9.17, 15) is 4.39 Å². The number of hydrogen-bond donors (Lipinski definition) is 0. The van der Waals surface area contributed by atoms with Crippen LogP contribution >= 0.6 is 15.9 Å². The Balaban J connectivity index is 3.07. The van der Waals surface area contributed by atoms with Crippen LogP contribution in [0.2, 0.25) is 0 Å². The molecule has 0 aliphatic heterocycles. The Bertz CT molecular complexity index is 345. The highest BCUT2D eigenvalue weighted by Gasteiger charge is 2.22. The molecule has 0 radical (unpaired) electrons. The average Bonchev–Trinajstić information content (AvgIpc) is 2.33. The molecule has 1 rings (SSSR count). The van der Waals surface area contributed by atoms with Crippen molar-refractivity contribution < 1.29 is 4.39 Å². The van der Waals surface area contributed by atoms with Crippen molar-refractivity contribution in [1.82, 2.24) is 0 Å². The highest BCUT2D eigenvalue weighted by Crippen LogP contribution is 2.37. The Morgan fingerprint density at radius 1 is 1.18 bits per heavy atom. The maximum Gasteiger partial charge on any atom is 0.123 e. The van der Waals surface area contributed by atoms with Gasteiger partial charge in [-0.3, -0.25) is 0 Å². The fourth-order valence-electron chi connectivity index (χ4n) is 2.61. The molecule has 0 saturated heterocycles. The van der Waals surface area contributed by atoms with Gasteiger partial charge in [-0.25, -0.2) is 4.39 Å². The Hall–Kier alpha value is -0.370. The maximum atomic E-state index is 13.4. The Labute approximate surface area is 113 Å². The molecule has 0 saturated carbocycles. The van der Waals surface area contributed by atoms with Gasteiger partial charge >= 0.3 is 0 Å². The van der Waals surface area contributed by atoms with Crippen molar-refractivity contribution in [2.75, 3.05) is 0 Å². The lowest BCUT2D eigenvalue weighted by molar-refractivity contribution is 0.374. The predicted molar refractivity (Wildman–Crippen MR) is 75.8 cm³/mol. The van der Waals surface area contributed by atoms with Crippen LogP contribution in [0.1, 0.15) is 57.9 Å². The SMILES string of the molecule is CCCC(c1cc(F)ccc1Br)C(CC)CC. The van der Waals surface area contributed by atoms with Gasteiger partial charge in [0.05, 0.1) is 0 Å².